The second-order valence-corrected chi connectivity index (χ2v) is 15.2. The van der Waals surface area contributed by atoms with Crippen LogP contribution in [0.3, 0.4) is 0 Å². The molecule has 0 radical (unpaired) electrons. The lowest BCUT2D eigenvalue weighted by Gasteiger charge is -2.44. The van der Waals surface area contributed by atoms with Crippen molar-refractivity contribution >= 4 is 52.2 Å². The molecule has 2 aromatic heterocycles. The Morgan fingerprint density at radius 2 is 1.77 bits per heavy atom. The lowest BCUT2D eigenvalue weighted by molar-refractivity contribution is -0.605. The molecule has 0 amide bonds. The van der Waals surface area contributed by atoms with E-state index in [0.29, 0.717) is 40.0 Å². The van der Waals surface area contributed by atoms with E-state index >= 15 is 0 Å². The van der Waals surface area contributed by atoms with Gasteiger partial charge < -0.3 is 29.5 Å². The van der Waals surface area contributed by atoms with E-state index in [-0.39, 0.29) is 39.6 Å². The number of anilines is 1. The Labute approximate surface area is 319 Å². The molecule has 1 aliphatic carbocycles. The summed E-state index contributed by atoms with van der Waals surface area (Å²) in [6.45, 7) is -0.00266. The highest BCUT2D eigenvalue weighted by Gasteiger charge is 2.38. The molecule has 4 aromatic rings. The highest BCUT2D eigenvalue weighted by Crippen LogP contribution is 2.38. The molecule has 0 spiro atoms. The molecule has 2 bridgehead atoms. The summed E-state index contributed by atoms with van der Waals surface area (Å²) >= 11 is 14.3. The van der Waals surface area contributed by atoms with Crippen LogP contribution in [0.5, 0.6) is 11.5 Å². The van der Waals surface area contributed by atoms with Gasteiger partial charge in [-0.05, 0) is 109 Å². The van der Waals surface area contributed by atoms with E-state index < -0.39 is 30.7 Å². The van der Waals surface area contributed by atoms with Gasteiger partial charge in [0.25, 0.3) is 0 Å². The topological polar surface area (TPSA) is 113 Å². The number of nitrogens with one attached hydrogen (secondary N) is 1. The van der Waals surface area contributed by atoms with Crippen LogP contribution in [0.15, 0.2) is 71.7 Å². The van der Waals surface area contributed by atoms with Crippen molar-refractivity contribution in [2.24, 2.45) is 11.8 Å². The molecule has 15 heteroatoms. The predicted octanol–water partition coefficient (Wildman–Crippen LogP) is 8.01. The van der Waals surface area contributed by atoms with Gasteiger partial charge in [0, 0.05) is 24.2 Å². The third kappa shape index (κ3) is 9.32. The lowest BCUT2D eigenvalue weighted by Crippen LogP contribution is -2.52. The number of rotatable bonds is 15. The number of nitrogens with zero attached hydrogens (tertiary/aromatic N) is 2. The minimum absolute atomic E-state index is 0.0483. The standard InChI is InChI=1S/C38H37Cl2F2N3O7S/c39-29-17-45(48)18-30(40)28(29)16-32(24-6-7-31(52-38(41)42)33(15-24)49-20-22-4-5-22)50-36(46)25-2-1-3-27(14-25)43-35(26-10-13-53-21-26)37(47)51-34-19-44-11-8-23(34)9-12-44/h1-3,6-7,10,13-15,17-18,21-23,32,34-35,38,43H,4-5,8-9,11-12,16,19-20H2/t32-,34-,35?/m0/s1. The third-order valence-corrected chi connectivity index (χ3v) is 11.2. The number of benzene rings is 2. The van der Waals surface area contributed by atoms with Crippen LogP contribution in [0, 0.1) is 17.0 Å². The van der Waals surface area contributed by atoms with Gasteiger partial charge in [-0.3, -0.25) is 4.90 Å². The minimum Gasteiger partial charge on any atom is -0.619 e. The Morgan fingerprint density at radius 1 is 1.00 bits per heavy atom. The zero-order valence-electron chi connectivity index (χ0n) is 28.4. The van der Waals surface area contributed by atoms with Crippen LogP contribution in [0.4, 0.5) is 14.5 Å². The monoisotopic (exact) mass is 787 g/mol. The highest BCUT2D eigenvalue weighted by atomic mass is 35.5. The van der Waals surface area contributed by atoms with Crippen molar-refractivity contribution in [1.29, 1.82) is 0 Å². The number of fused-ring (bicyclic) bond motifs is 3. The largest absolute Gasteiger partial charge is 0.619 e. The SMILES string of the molecule is O=C(O[C@@H](Cc1c(Cl)c[n+]([O-])cc1Cl)c1ccc(OC(F)F)c(OCC2CC2)c1)c1cccc(NC(C(=O)O[C@H]2CN3CCC2CC3)c2ccsc2)c1. The van der Waals surface area contributed by atoms with E-state index in [1.54, 1.807) is 24.3 Å². The summed E-state index contributed by atoms with van der Waals surface area (Å²) in [6.07, 6.45) is 4.91. The van der Waals surface area contributed by atoms with Crippen LogP contribution in [-0.4, -0.2) is 55.8 Å². The second kappa shape index (κ2) is 16.5. The molecule has 2 aromatic carbocycles. The maximum absolute atomic E-state index is 13.9. The Morgan fingerprint density at radius 3 is 2.43 bits per heavy atom. The number of esters is 2. The van der Waals surface area contributed by atoms with Gasteiger partial charge in [-0.25, -0.2) is 9.59 Å². The predicted molar refractivity (Wildman–Crippen MR) is 195 cm³/mol. The number of ether oxygens (including phenoxy) is 4. The fourth-order valence-corrected chi connectivity index (χ4v) is 8.03. The first kappa shape index (κ1) is 37.2. The zero-order chi connectivity index (χ0) is 37.1. The van der Waals surface area contributed by atoms with Gasteiger partial charge in [-0.1, -0.05) is 35.3 Å². The Balaban J connectivity index is 1.13. The van der Waals surface area contributed by atoms with Crippen molar-refractivity contribution in [3.8, 4) is 11.5 Å². The van der Waals surface area contributed by atoms with E-state index in [1.807, 2.05) is 16.8 Å². The Kier molecular flexibility index (Phi) is 11.5. The molecule has 53 heavy (non-hydrogen) atoms. The van der Waals surface area contributed by atoms with Gasteiger partial charge in [0.1, 0.15) is 22.3 Å². The number of aromatic nitrogens is 1. The van der Waals surface area contributed by atoms with Crippen LogP contribution >= 0.6 is 34.5 Å². The van der Waals surface area contributed by atoms with Gasteiger partial charge in [-0.2, -0.15) is 24.8 Å². The number of piperidine rings is 3. The fraction of sp³-hybridized carbons (Fsp3) is 0.395. The van der Waals surface area contributed by atoms with E-state index in [4.69, 9.17) is 42.1 Å². The molecule has 4 fully saturated rings. The molecule has 3 atom stereocenters. The number of carbonyl (C=O) groups is 2. The first-order valence-electron chi connectivity index (χ1n) is 17.4. The van der Waals surface area contributed by atoms with Gasteiger partial charge in [-0.15, -0.1) is 0 Å². The summed E-state index contributed by atoms with van der Waals surface area (Å²) in [6, 6.07) is 11.9. The molecule has 1 saturated carbocycles. The number of thiophene rings is 1. The van der Waals surface area contributed by atoms with E-state index in [1.165, 1.54) is 29.5 Å². The van der Waals surface area contributed by atoms with Gasteiger partial charge in [0.05, 0.1) is 12.2 Å². The summed E-state index contributed by atoms with van der Waals surface area (Å²) in [5.74, 6) is -0.567. The van der Waals surface area contributed by atoms with Crippen LogP contribution in [0.25, 0.3) is 0 Å². The summed E-state index contributed by atoms with van der Waals surface area (Å²) < 4.78 is 49.8. The molecular weight excluding hydrogens is 751 g/mol. The number of hydrogen-bond donors (Lipinski definition) is 1. The number of pyridine rings is 1. The number of hydrogen-bond acceptors (Lipinski definition) is 10. The summed E-state index contributed by atoms with van der Waals surface area (Å²) in [7, 11) is 0. The van der Waals surface area contributed by atoms with E-state index in [2.05, 4.69) is 10.2 Å². The number of alkyl halides is 2. The normalized spacial score (nSPS) is 20.4. The van der Waals surface area contributed by atoms with Crippen molar-refractivity contribution in [2.75, 3.05) is 31.6 Å². The maximum Gasteiger partial charge on any atom is 0.387 e. The molecule has 4 aliphatic rings. The summed E-state index contributed by atoms with van der Waals surface area (Å²) in [5.41, 5.74) is 2.11. The Bertz CT molecular complexity index is 1900. The summed E-state index contributed by atoms with van der Waals surface area (Å²) in [5, 5.41) is 19.1. The van der Waals surface area contributed by atoms with Gasteiger partial charge in [0.2, 0.25) is 0 Å². The van der Waals surface area contributed by atoms with Crippen LogP contribution in [0.2, 0.25) is 10.0 Å². The average molecular weight is 789 g/mol. The first-order valence-corrected chi connectivity index (χ1v) is 19.1. The molecule has 280 valence electrons. The number of halogens is 4. The van der Waals surface area contributed by atoms with Crippen molar-refractivity contribution in [1.82, 2.24) is 4.90 Å². The highest BCUT2D eigenvalue weighted by molar-refractivity contribution is 7.08. The molecule has 3 aliphatic heterocycles. The average Bonchev–Trinajstić information content (AvgIpc) is 3.81. The quantitative estimate of drug-likeness (QED) is 0.0728. The summed E-state index contributed by atoms with van der Waals surface area (Å²) in [4.78, 5) is 29.9. The molecule has 8 rings (SSSR count). The zero-order valence-corrected chi connectivity index (χ0v) is 30.8. The van der Waals surface area contributed by atoms with Crippen molar-refractivity contribution in [2.45, 2.75) is 57.0 Å². The molecular formula is C38H37Cl2F2N3O7S. The van der Waals surface area contributed by atoms with Crippen molar-refractivity contribution < 1.29 is 42.0 Å². The molecule has 1 unspecified atom stereocenters. The third-order valence-electron chi connectivity index (χ3n) is 9.81. The van der Waals surface area contributed by atoms with Crippen LogP contribution in [0.1, 0.15) is 64.9 Å². The lowest BCUT2D eigenvalue weighted by atomic mass is 9.86. The maximum atomic E-state index is 13.9. The second-order valence-electron chi connectivity index (χ2n) is 13.6. The van der Waals surface area contributed by atoms with Crippen LogP contribution in [-0.2, 0) is 20.7 Å². The van der Waals surface area contributed by atoms with Crippen molar-refractivity contribution in [3.05, 3.63) is 109 Å². The number of carbonyl (C=O) groups excluding carboxylic acids is 2. The molecule has 3 saturated heterocycles. The molecule has 1 N–H and O–H groups in total. The van der Waals surface area contributed by atoms with Gasteiger partial charge >= 0.3 is 18.6 Å². The van der Waals surface area contributed by atoms with E-state index in [9.17, 15) is 23.6 Å². The van der Waals surface area contributed by atoms with Crippen molar-refractivity contribution in [3.63, 3.8) is 0 Å². The molecule has 10 nitrogen and oxygen atoms in total. The smallest absolute Gasteiger partial charge is 0.387 e. The fourth-order valence-electron chi connectivity index (χ4n) is 6.74. The Hall–Kier alpha value is -4.17. The first-order chi connectivity index (χ1) is 25.6. The van der Waals surface area contributed by atoms with Gasteiger partial charge in [0.15, 0.2) is 29.9 Å². The minimum atomic E-state index is -3.08. The van der Waals surface area contributed by atoms with Crippen LogP contribution < -0.4 is 19.5 Å². The van der Waals surface area contributed by atoms with E-state index in [0.717, 1.165) is 63.3 Å². The molecule has 5 heterocycles.